The number of hydrogen-bond acceptors (Lipinski definition) is 5. The number of benzene rings is 3. The van der Waals surface area contributed by atoms with Gasteiger partial charge in [0.2, 0.25) is 10.0 Å². The van der Waals surface area contributed by atoms with Crippen LogP contribution in [-0.4, -0.2) is 44.9 Å². The maximum atomic E-state index is 14.5. The van der Waals surface area contributed by atoms with E-state index < -0.39 is 27.3 Å². The second-order valence-electron chi connectivity index (χ2n) is 7.14. The van der Waals surface area contributed by atoms with Crippen molar-refractivity contribution in [2.45, 2.75) is 4.90 Å². The molecule has 0 radical (unpaired) electrons. The Hall–Kier alpha value is -2.98. The van der Waals surface area contributed by atoms with Crippen LogP contribution in [0.4, 0.5) is 10.1 Å². The molecule has 1 N–H and O–H groups in total. The van der Waals surface area contributed by atoms with E-state index in [-0.39, 0.29) is 42.6 Å². The van der Waals surface area contributed by atoms with Gasteiger partial charge in [0.1, 0.15) is 11.6 Å². The molecule has 3 aromatic rings. The predicted molar refractivity (Wildman–Crippen MR) is 122 cm³/mol. The van der Waals surface area contributed by atoms with Crippen LogP contribution in [0.1, 0.15) is 10.4 Å². The first kappa shape index (κ1) is 23.2. The van der Waals surface area contributed by atoms with Crippen molar-refractivity contribution in [3.63, 3.8) is 0 Å². The maximum absolute atomic E-state index is 14.5. The van der Waals surface area contributed by atoms with Gasteiger partial charge in [0, 0.05) is 13.1 Å². The summed E-state index contributed by atoms with van der Waals surface area (Å²) in [6.07, 6.45) is 0. The van der Waals surface area contributed by atoms with Crippen LogP contribution < -0.4 is 10.1 Å². The van der Waals surface area contributed by atoms with E-state index in [4.69, 9.17) is 21.1 Å². The van der Waals surface area contributed by atoms with Gasteiger partial charge in [0.15, 0.2) is 5.75 Å². The van der Waals surface area contributed by atoms with E-state index in [1.54, 1.807) is 48.5 Å². The molecule has 1 saturated heterocycles. The largest absolute Gasteiger partial charge is 0.454 e. The third-order valence-corrected chi connectivity index (χ3v) is 7.19. The fourth-order valence-electron chi connectivity index (χ4n) is 3.27. The summed E-state index contributed by atoms with van der Waals surface area (Å²) in [6, 6.07) is 16.6. The van der Waals surface area contributed by atoms with E-state index in [1.165, 1.54) is 4.31 Å². The van der Waals surface area contributed by atoms with Crippen LogP contribution >= 0.6 is 11.6 Å². The normalized spacial score (nSPS) is 14.6. The van der Waals surface area contributed by atoms with Crippen molar-refractivity contribution in [1.82, 2.24) is 4.31 Å². The lowest BCUT2D eigenvalue weighted by molar-refractivity contribution is 0.0730. The highest BCUT2D eigenvalue weighted by Gasteiger charge is 2.28. The number of rotatable bonds is 6. The molecule has 1 aliphatic heterocycles. The van der Waals surface area contributed by atoms with Crippen LogP contribution in [-0.2, 0) is 14.8 Å². The van der Waals surface area contributed by atoms with Crippen molar-refractivity contribution in [3.8, 4) is 11.5 Å². The topological polar surface area (TPSA) is 84.9 Å². The van der Waals surface area contributed by atoms with E-state index in [9.17, 15) is 17.6 Å². The number of carbonyl (C=O) groups excluding carboxylic acids is 1. The first-order valence-corrected chi connectivity index (χ1v) is 11.9. The molecule has 10 heteroatoms. The Morgan fingerprint density at radius 1 is 1.00 bits per heavy atom. The molecule has 0 atom stereocenters. The van der Waals surface area contributed by atoms with Crippen LogP contribution in [0.5, 0.6) is 11.5 Å². The Kier molecular flexibility index (Phi) is 6.94. The molecule has 33 heavy (non-hydrogen) atoms. The van der Waals surface area contributed by atoms with Gasteiger partial charge in [-0.15, -0.1) is 0 Å². The zero-order valence-corrected chi connectivity index (χ0v) is 18.9. The SMILES string of the molecule is O=C(Nc1ccccc1Oc1ccccc1Cl)c1cc(S(=O)(=O)N2CCOCC2)ccc1F. The number of nitrogens with one attached hydrogen (secondary N) is 1. The molecule has 3 aromatic carbocycles. The van der Waals surface area contributed by atoms with Gasteiger partial charge in [-0.25, -0.2) is 12.8 Å². The summed E-state index contributed by atoms with van der Waals surface area (Å²) in [6.45, 7) is 0.925. The van der Waals surface area contributed by atoms with Crippen molar-refractivity contribution in [2.24, 2.45) is 0 Å². The van der Waals surface area contributed by atoms with Gasteiger partial charge in [-0.3, -0.25) is 4.79 Å². The van der Waals surface area contributed by atoms with Crippen molar-refractivity contribution in [3.05, 3.63) is 83.1 Å². The summed E-state index contributed by atoms with van der Waals surface area (Å²) in [4.78, 5) is 12.7. The highest BCUT2D eigenvalue weighted by molar-refractivity contribution is 7.89. The molecule has 0 saturated carbocycles. The number of anilines is 1. The van der Waals surface area contributed by atoms with E-state index in [0.29, 0.717) is 10.8 Å². The summed E-state index contributed by atoms with van der Waals surface area (Å²) in [7, 11) is -3.89. The molecule has 7 nitrogen and oxygen atoms in total. The zero-order valence-electron chi connectivity index (χ0n) is 17.3. The molecule has 0 bridgehead atoms. The lowest BCUT2D eigenvalue weighted by Gasteiger charge is -2.26. The highest BCUT2D eigenvalue weighted by atomic mass is 35.5. The fraction of sp³-hybridized carbons (Fsp3) is 0.174. The number of hydrogen-bond donors (Lipinski definition) is 1. The number of carbonyl (C=O) groups is 1. The van der Waals surface area contributed by atoms with Gasteiger partial charge < -0.3 is 14.8 Å². The summed E-state index contributed by atoms with van der Waals surface area (Å²) >= 11 is 6.14. The summed E-state index contributed by atoms with van der Waals surface area (Å²) in [5.74, 6) is -0.998. The molecular weight excluding hydrogens is 471 g/mol. The van der Waals surface area contributed by atoms with Crippen LogP contribution in [0.15, 0.2) is 71.6 Å². The van der Waals surface area contributed by atoms with Crippen molar-refractivity contribution >= 4 is 33.2 Å². The van der Waals surface area contributed by atoms with E-state index in [1.807, 2.05) is 0 Å². The molecule has 1 fully saturated rings. The minimum Gasteiger partial charge on any atom is -0.454 e. The number of sulfonamides is 1. The first-order chi connectivity index (χ1) is 15.9. The quantitative estimate of drug-likeness (QED) is 0.548. The summed E-state index contributed by atoms with van der Waals surface area (Å²) in [5.41, 5.74) is -0.139. The first-order valence-electron chi connectivity index (χ1n) is 10.1. The Bertz CT molecular complexity index is 1280. The summed E-state index contributed by atoms with van der Waals surface area (Å²) in [5, 5.41) is 2.97. The lowest BCUT2D eigenvalue weighted by atomic mass is 10.2. The summed E-state index contributed by atoms with van der Waals surface area (Å²) < 4.78 is 52.6. The molecule has 1 amide bonds. The monoisotopic (exact) mass is 490 g/mol. The molecular formula is C23H20ClFN2O5S. The highest BCUT2D eigenvalue weighted by Crippen LogP contribution is 2.33. The van der Waals surface area contributed by atoms with Gasteiger partial charge in [0.05, 0.1) is 34.4 Å². The molecule has 1 aliphatic rings. The second kappa shape index (κ2) is 9.88. The van der Waals surface area contributed by atoms with Gasteiger partial charge in [-0.2, -0.15) is 4.31 Å². The zero-order chi connectivity index (χ0) is 23.4. The number of morpholine rings is 1. The third kappa shape index (κ3) is 5.17. The van der Waals surface area contributed by atoms with Crippen molar-refractivity contribution in [1.29, 1.82) is 0 Å². The van der Waals surface area contributed by atoms with Crippen LogP contribution in [0.25, 0.3) is 0 Å². The van der Waals surface area contributed by atoms with Crippen molar-refractivity contribution in [2.75, 3.05) is 31.6 Å². The minimum atomic E-state index is -3.89. The Morgan fingerprint density at radius 3 is 2.39 bits per heavy atom. The lowest BCUT2D eigenvalue weighted by Crippen LogP contribution is -2.40. The standard InChI is InChI=1S/C23H20ClFN2O5S/c24-18-5-1-3-7-21(18)32-22-8-4-2-6-20(22)26-23(28)17-15-16(9-10-19(17)25)33(29,30)27-11-13-31-14-12-27/h1-10,15H,11-14H2,(H,26,28). The molecule has 0 aromatic heterocycles. The van der Waals surface area contributed by atoms with Crippen LogP contribution in [0, 0.1) is 5.82 Å². The number of ether oxygens (including phenoxy) is 2. The molecule has 172 valence electrons. The Labute approximate surface area is 195 Å². The smallest absolute Gasteiger partial charge is 0.258 e. The molecule has 4 rings (SSSR count). The van der Waals surface area contributed by atoms with E-state index in [2.05, 4.69) is 5.32 Å². The molecule has 0 spiro atoms. The average Bonchev–Trinajstić information content (AvgIpc) is 2.82. The van der Waals surface area contributed by atoms with Gasteiger partial charge in [-0.05, 0) is 42.5 Å². The van der Waals surface area contributed by atoms with Gasteiger partial charge in [0.25, 0.3) is 5.91 Å². The minimum absolute atomic E-state index is 0.170. The Morgan fingerprint density at radius 2 is 1.67 bits per heavy atom. The third-order valence-electron chi connectivity index (χ3n) is 4.98. The molecule has 0 unspecified atom stereocenters. The Balaban J connectivity index is 1.60. The molecule has 1 heterocycles. The van der Waals surface area contributed by atoms with Gasteiger partial charge >= 0.3 is 0 Å². The maximum Gasteiger partial charge on any atom is 0.258 e. The number of halogens is 2. The van der Waals surface area contributed by atoms with E-state index in [0.717, 1.165) is 18.2 Å². The van der Waals surface area contributed by atoms with Gasteiger partial charge in [-0.1, -0.05) is 35.9 Å². The van der Waals surface area contributed by atoms with Crippen LogP contribution in [0.3, 0.4) is 0 Å². The number of para-hydroxylation sites is 3. The second-order valence-corrected chi connectivity index (χ2v) is 9.49. The van der Waals surface area contributed by atoms with Crippen molar-refractivity contribution < 1.29 is 27.1 Å². The van der Waals surface area contributed by atoms with Crippen LogP contribution in [0.2, 0.25) is 5.02 Å². The number of nitrogens with zero attached hydrogens (tertiary/aromatic N) is 1. The number of amides is 1. The van der Waals surface area contributed by atoms with E-state index >= 15 is 0 Å². The molecule has 0 aliphatic carbocycles. The predicted octanol–water partition coefficient (Wildman–Crippen LogP) is 4.54. The average molecular weight is 491 g/mol. The fourth-order valence-corrected chi connectivity index (χ4v) is 4.88.